The van der Waals surface area contributed by atoms with E-state index >= 15 is 0 Å². The molecule has 33 heavy (non-hydrogen) atoms. The number of alkyl halides is 2. The molecule has 1 saturated heterocycles. The van der Waals surface area contributed by atoms with E-state index in [1.165, 1.54) is 12.8 Å². The van der Waals surface area contributed by atoms with Gasteiger partial charge in [0.25, 0.3) is 11.6 Å². The molecule has 178 valence electrons. The van der Waals surface area contributed by atoms with Crippen molar-refractivity contribution in [3.05, 3.63) is 58.1 Å². The van der Waals surface area contributed by atoms with Crippen LogP contribution in [0.25, 0.3) is 0 Å². The number of carbonyl (C=O) groups excluding carboxylic acids is 1. The second kappa shape index (κ2) is 11.4. The molecule has 0 aliphatic carbocycles. The van der Waals surface area contributed by atoms with Gasteiger partial charge >= 0.3 is 6.61 Å². The maximum atomic E-state index is 12.6. The summed E-state index contributed by atoms with van der Waals surface area (Å²) < 4.78 is 34.3. The molecule has 0 spiro atoms. The second-order valence-electron chi connectivity index (χ2n) is 7.43. The van der Waals surface area contributed by atoms with Gasteiger partial charge in [0.2, 0.25) is 0 Å². The van der Waals surface area contributed by atoms with E-state index in [0.717, 1.165) is 44.9 Å². The quantitative estimate of drug-likeness (QED) is 0.328. The third kappa shape index (κ3) is 6.51. The largest absolute Gasteiger partial charge is 0.493 e. The molecule has 1 N–H and O–H groups in total. The molecule has 1 fully saturated rings. The molecule has 0 unspecified atom stereocenters. The van der Waals surface area contributed by atoms with Crippen molar-refractivity contribution in [1.82, 2.24) is 10.2 Å². The fourth-order valence-electron chi connectivity index (χ4n) is 3.70. The Labute approximate surface area is 190 Å². The summed E-state index contributed by atoms with van der Waals surface area (Å²) >= 11 is 0. The molecule has 2 aromatic carbocycles. The van der Waals surface area contributed by atoms with Gasteiger partial charge in [0.15, 0.2) is 11.5 Å². The van der Waals surface area contributed by atoms with Crippen LogP contribution in [0.4, 0.5) is 20.2 Å². The number of halogens is 2. The Bertz CT molecular complexity index is 953. The first kappa shape index (κ1) is 24.2. The zero-order chi connectivity index (χ0) is 23.8. The molecule has 0 aromatic heterocycles. The van der Waals surface area contributed by atoms with Crippen LogP contribution in [0.2, 0.25) is 0 Å². The Morgan fingerprint density at radius 3 is 2.45 bits per heavy atom. The van der Waals surface area contributed by atoms with E-state index in [1.54, 1.807) is 0 Å². The third-order valence-electron chi connectivity index (χ3n) is 5.37. The summed E-state index contributed by atoms with van der Waals surface area (Å²) in [5.74, 6) is -1.38. The number of anilines is 1. The van der Waals surface area contributed by atoms with Gasteiger partial charge in [0, 0.05) is 44.5 Å². The van der Waals surface area contributed by atoms with Gasteiger partial charge < -0.3 is 19.7 Å². The van der Waals surface area contributed by atoms with Crippen LogP contribution >= 0.6 is 0 Å². The average molecular weight is 464 g/mol. The van der Waals surface area contributed by atoms with Crippen LogP contribution in [0.15, 0.2) is 42.5 Å². The first-order chi connectivity index (χ1) is 15.9. The zero-order valence-electron chi connectivity index (χ0n) is 18.2. The number of nitro groups is 1. The Hall–Kier alpha value is -3.47. The van der Waals surface area contributed by atoms with E-state index in [0.29, 0.717) is 13.0 Å². The van der Waals surface area contributed by atoms with Crippen LogP contribution in [0.1, 0.15) is 16.8 Å². The minimum atomic E-state index is -3.19. The highest BCUT2D eigenvalue weighted by atomic mass is 19.3. The number of benzene rings is 2. The minimum Gasteiger partial charge on any atom is -0.493 e. The molecule has 0 bridgehead atoms. The molecular formula is C22H26F2N4O5. The lowest BCUT2D eigenvalue weighted by Crippen LogP contribution is -2.47. The van der Waals surface area contributed by atoms with Crippen LogP contribution < -0.4 is 19.7 Å². The number of methoxy groups -OCH3 is 1. The Balaban J connectivity index is 1.51. The highest BCUT2D eigenvalue weighted by Crippen LogP contribution is 2.35. The first-order valence-electron chi connectivity index (χ1n) is 10.5. The number of nitro benzene ring substituents is 1. The Morgan fingerprint density at radius 2 is 1.85 bits per heavy atom. The predicted octanol–water partition coefficient (Wildman–Crippen LogP) is 3.15. The molecule has 2 aromatic rings. The summed E-state index contributed by atoms with van der Waals surface area (Å²) in [4.78, 5) is 27.7. The summed E-state index contributed by atoms with van der Waals surface area (Å²) in [6, 6.07) is 12.0. The van der Waals surface area contributed by atoms with E-state index in [9.17, 15) is 23.7 Å². The first-order valence-corrected chi connectivity index (χ1v) is 10.5. The van der Waals surface area contributed by atoms with Crippen molar-refractivity contribution < 1.29 is 28.0 Å². The maximum Gasteiger partial charge on any atom is 0.387 e. The van der Waals surface area contributed by atoms with Gasteiger partial charge in [-0.1, -0.05) is 18.2 Å². The number of carbonyl (C=O) groups is 1. The maximum absolute atomic E-state index is 12.6. The number of para-hydroxylation sites is 1. The van der Waals surface area contributed by atoms with E-state index in [4.69, 9.17) is 4.74 Å². The van der Waals surface area contributed by atoms with Gasteiger partial charge in [-0.2, -0.15) is 8.78 Å². The third-order valence-corrected chi connectivity index (χ3v) is 5.37. The molecule has 3 rings (SSSR count). The van der Waals surface area contributed by atoms with Crippen molar-refractivity contribution in [3.8, 4) is 11.5 Å². The lowest BCUT2D eigenvalue weighted by Gasteiger charge is -2.36. The van der Waals surface area contributed by atoms with Gasteiger partial charge in [-0.25, -0.2) is 0 Å². The molecule has 9 nitrogen and oxygen atoms in total. The van der Waals surface area contributed by atoms with Crippen molar-refractivity contribution in [2.75, 3.05) is 51.3 Å². The van der Waals surface area contributed by atoms with E-state index < -0.39 is 28.9 Å². The smallest absolute Gasteiger partial charge is 0.387 e. The zero-order valence-corrected chi connectivity index (χ0v) is 18.2. The number of ether oxygens (including phenoxy) is 2. The number of amides is 1. The van der Waals surface area contributed by atoms with E-state index in [1.807, 2.05) is 18.2 Å². The number of rotatable bonds is 10. The van der Waals surface area contributed by atoms with Crippen molar-refractivity contribution in [2.24, 2.45) is 0 Å². The SMILES string of the molecule is COc1cc(C(=O)NCCCN2CCN(c3ccccc3)CC2)c([N+](=O)[O-])cc1OC(F)F. The molecule has 1 aliphatic rings. The fraction of sp³-hybridized carbons (Fsp3) is 0.409. The topological polar surface area (TPSA) is 97.2 Å². The van der Waals surface area contributed by atoms with Crippen molar-refractivity contribution in [2.45, 2.75) is 13.0 Å². The second-order valence-corrected chi connectivity index (χ2v) is 7.43. The van der Waals surface area contributed by atoms with E-state index in [-0.39, 0.29) is 11.3 Å². The average Bonchev–Trinajstić information content (AvgIpc) is 2.82. The number of nitrogens with zero attached hydrogens (tertiary/aromatic N) is 3. The van der Waals surface area contributed by atoms with Crippen LogP contribution in [-0.2, 0) is 0 Å². The van der Waals surface area contributed by atoms with E-state index in [2.05, 4.69) is 32.0 Å². The molecular weight excluding hydrogens is 438 g/mol. The standard InChI is InChI=1S/C22H26F2N4O5/c1-32-19-14-17(18(28(30)31)15-20(19)33-22(23)24)21(29)25-8-5-9-26-10-12-27(13-11-26)16-6-3-2-4-7-16/h2-4,6-7,14-15,22H,5,8-13H2,1H3,(H,25,29). The number of hydrogen-bond donors (Lipinski definition) is 1. The lowest BCUT2D eigenvalue weighted by molar-refractivity contribution is -0.385. The van der Waals surface area contributed by atoms with Gasteiger partial charge in [0.05, 0.1) is 18.1 Å². The van der Waals surface area contributed by atoms with Gasteiger partial charge in [-0.15, -0.1) is 0 Å². The molecule has 0 atom stereocenters. The summed E-state index contributed by atoms with van der Waals surface area (Å²) in [6.07, 6.45) is 0.661. The van der Waals surface area contributed by atoms with Gasteiger partial charge in [-0.3, -0.25) is 19.8 Å². The highest BCUT2D eigenvalue weighted by Gasteiger charge is 2.26. The van der Waals surface area contributed by atoms with Crippen LogP contribution in [0.5, 0.6) is 11.5 Å². The van der Waals surface area contributed by atoms with Crippen LogP contribution in [0, 0.1) is 10.1 Å². The molecule has 1 aliphatic heterocycles. The summed E-state index contributed by atoms with van der Waals surface area (Å²) in [6.45, 7) is 1.52. The molecule has 1 heterocycles. The monoisotopic (exact) mass is 464 g/mol. The van der Waals surface area contributed by atoms with Crippen LogP contribution in [-0.4, -0.2) is 68.7 Å². The Kier molecular flexibility index (Phi) is 8.36. The number of nitrogens with one attached hydrogen (secondary N) is 1. The van der Waals surface area contributed by atoms with Crippen molar-refractivity contribution in [3.63, 3.8) is 0 Å². The van der Waals surface area contributed by atoms with Crippen molar-refractivity contribution >= 4 is 17.3 Å². The van der Waals surface area contributed by atoms with Gasteiger partial charge in [-0.05, 0) is 25.1 Å². The van der Waals surface area contributed by atoms with Gasteiger partial charge in [0.1, 0.15) is 5.56 Å². The lowest BCUT2D eigenvalue weighted by atomic mass is 10.1. The summed E-state index contributed by atoms with van der Waals surface area (Å²) in [5.41, 5.74) is 0.280. The minimum absolute atomic E-state index is 0.192. The number of piperazine rings is 1. The predicted molar refractivity (Wildman–Crippen MR) is 118 cm³/mol. The van der Waals surface area contributed by atoms with Crippen LogP contribution in [0.3, 0.4) is 0 Å². The molecule has 1 amide bonds. The Morgan fingerprint density at radius 1 is 1.15 bits per heavy atom. The fourth-order valence-corrected chi connectivity index (χ4v) is 3.70. The molecule has 0 radical (unpaired) electrons. The summed E-state index contributed by atoms with van der Waals surface area (Å²) in [7, 11) is 1.19. The number of hydrogen-bond acceptors (Lipinski definition) is 7. The highest BCUT2D eigenvalue weighted by molar-refractivity contribution is 5.99. The molecule has 11 heteroatoms. The van der Waals surface area contributed by atoms with Crippen molar-refractivity contribution in [1.29, 1.82) is 0 Å². The molecule has 0 saturated carbocycles. The summed E-state index contributed by atoms with van der Waals surface area (Å²) in [5, 5.41) is 14.0. The normalized spacial score (nSPS) is 14.2.